The van der Waals surface area contributed by atoms with Crippen LogP contribution in [-0.2, 0) is 0 Å². The Hall–Kier alpha value is -1.31. The van der Waals surface area contributed by atoms with E-state index in [9.17, 15) is 18.9 Å². The second-order valence-electron chi connectivity index (χ2n) is 2.33. The van der Waals surface area contributed by atoms with E-state index in [-0.39, 0.29) is 10.4 Å². The van der Waals surface area contributed by atoms with Crippen LogP contribution in [0.15, 0.2) is 10.7 Å². The second kappa shape index (κ2) is 3.82. The number of nitrogen functional groups attached to an aromatic ring is 1. The molecule has 0 aliphatic rings. The minimum Gasteiger partial charge on any atom is -0.384 e. The maximum absolute atomic E-state index is 12.3. The highest BCUT2D eigenvalue weighted by Gasteiger charge is 2.26. The van der Waals surface area contributed by atoms with Gasteiger partial charge in [0, 0.05) is 0 Å². The van der Waals surface area contributed by atoms with Gasteiger partial charge in [0.15, 0.2) is 4.60 Å². The third-order valence-electron chi connectivity index (χ3n) is 1.42. The van der Waals surface area contributed by atoms with E-state index in [1.165, 1.54) is 0 Å². The van der Waals surface area contributed by atoms with Crippen molar-refractivity contribution >= 4 is 27.4 Å². The van der Waals surface area contributed by atoms with Gasteiger partial charge in [0.05, 0.1) is 4.92 Å². The highest BCUT2D eigenvalue weighted by Crippen LogP contribution is 2.34. The summed E-state index contributed by atoms with van der Waals surface area (Å²) >= 11 is 2.70. The number of nitro groups is 1. The smallest absolute Gasteiger partial charge is 0.310 e. The number of halogens is 3. The predicted octanol–water partition coefficient (Wildman–Crippen LogP) is 2.27. The molecule has 0 unspecified atom stereocenters. The standard InChI is InChI=1S/C6H4BrF2N3O2/c7-5-4(12(13)14)2(6(8)9)1-3(10)11-5/h1,6H,(H2,10,11). The summed E-state index contributed by atoms with van der Waals surface area (Å²) in [4.78, 5) is 12.9. The summed E-state index contributed by atoms with van der Waals surface area (Å²) in [5.74, 6) is -0.197. The van der Waals surface area contributed by atoms with Crippen LogP contribution in [-0.4, -0.2) is 9.91 Å². The molecule has 2 N–H and O–H groups in total. The first-order valence-electron chi connectivity index (χ1n) is 3.32. The van der Waals surface area contributed by atoms with Gasteiger partial charge in [0.25, 0.3) is 6.43 Å². The van der Waals surface area contributed by atoms with Crippen LogP contribution in [0.4, 0.5) is 20.3 Å². The summed E-state index contributed by atoms with van der Waals surface area (Å²) in [7, 11) is 0. The average Bonchev–Trinajstić information content (AvgIpc) is 2.01. The molecule has 0 aromatic carbocycles. The summed E-state index contributed by atoms with van der Waals surface area (Å²) in [6.07, 6.45) is -2.96. The maximum Gasteiger partial charge on any atom is 0.310 e. The number of alkyl halides is 2. The van der Waals surface area contributed by atoms with Crippen molar-refractivity contribution in [2.45, 2.75) is 6.43 Å². The maximum atomic E-state index is 12.3. The number of aromatic nitrogens is 1. The molecule has 0 saturated carbocycles. The Kier molecular flexibility index (Phi) is 2.94. The lowest BCUT2D eigenvalue weighted by Gasteiger charge is -2.03. The topological polar surface area (TPSA) is 82.0 Å². The summed E-state index contributed by atoms with van der Waals surface area (Å²) in [6.45, 7) is 0. The Morgan fingerprint density at radius 1 is 1.64 bits per heavy atom. The molecule has 1 heterocycles. The fourth-order valence-corrected chi connectivity index (χ4v) is 1.47. The molecule has 0 amide bonds. The van der Waals surface area contributed by atoms with Gasteiger partial charge in [-0.15, -0.1) is 0 Å². The molecule has 0 fully saturated rings. The van der Waals surface area contributed by atoms with Crippen molar-refractivity contribution in [1.29, 1.82) is 0 Å². The van der Waals surface area contributed by atoms with Gasteiger partial charge in [-0.25, -0.2) is 13.8 Å². The SMILES string of the molecule is Nc1cc(C(F)F)c([N+](=O)[O-])c(Br)n1. The summed E-state index contributed by atoms with van der Waals surface area (Å²) < 4.78 is 24.4. The van der Waals surface area contributed by atoms with Gasteiger partial charge in [0.2, 0.25) is 0 Å². The monoisotopic (exact) mass is 267 g/mol. The van der Waals surface area contributed by atoms with Crippen molar-refractivity contribution < 1.29 is 13.7 Å². The van der Waals surface area contributed by atoms with Gasteiger partial charge >= 0.3 is 5.69 Å². The summed E-state index contributed by atoms with van der Waals surface area (Å²) in [6, 6.07) is 0.785. The average molecular weight is 268 g/mol. The van der Waals surface area contributed by atoms with Crippen molar-refractivity contribution in [3.8, 4) is 0 Å². The van der Waals surface area contributed by atoms with Crippen molar-refractivity contribution in [3.05, 3.63) is 26.3 Å². The predicted molar refractivity (Wildman–Crippen MR) is 48.0 cm³/mol. The van der Waals surface area contributed by atoms with Gasteiger partial charge in [-0.05, 0) is 22.0 Å². The normalized spacial score (nSPS) is 10.6. The van der Waals surface area contributed by atoms with E-state index in [2.05, 4.69) is 20.9 Å². The van der Waals surface area contributed by atoms with E-state index in [1.54, 1.807) is 0 Å². The Labute approximate surface area is 85.2 Å². The van der Waals surface area contributed by atoms with Crippen LogP contribution in [0.2, 0.25) is 0 Å². The Morgan fingerprint density at radius 2 is 2.21 bits per heavy atom. The van der Waals surface area contributed by atoms with Gasteiger partial charge in [-0.1, -0.05) is 0 Å². The molecule has 14 heavy (non-hydrogen) atoms. The lowest BCUT2D eigenvalue weighted by Crippen LogP contribution is -2.01. The van der Waals surface area contributed by atoms with Crippen molar-refractivity contribution in [1.82, 2.24) is 4.98 Å². The number of pyridine rings is 1. The molecule has 0 saturated heterocycles. The molecule has 1 aromatic rings. The number of hydrogen-bond acceptors (Lipinski definition) is 4. The second-order valence-corrected chi connectivity index (χ2v) is 3.08. The van der Waals surface area contributed by atoms with E-state index < -0.39 is 22.6 Å². The van der Waals surface area contributed by atoms with E-state index in [4.69, 9.17) is 5.73 Å². The first-order chi connectivity index (χ1) is 6.43. The molecular weight excluding hydrogens is 264 g/mol. The molecule has 76 valence electrons. The molecule has 0 aliphatic heterocycles. The first-order valence-corrected chi connectivity index (χ1v) is 4.11. The van der Waals surface area contributed by atoms with E-state index in [1.807, 2.05) is 0 Å². The van der Waals surface area contributed by atoms with Crippen LogP contribution in [0.25, 0.3) is 0 Å². The van der Waals surface area contributed by atoms with Crippen LogP contribution in [0, 0.1) is 10.1 Å². The van der Waals surface area contributed by atoms with Gasteiger partial charge in [-0.3, -0.25) is 10.1 Å². The lowest BCUT2D eigenvalue weighted by molar-refractivity contribution is -0.387. The Morgan fingerprint density at radius 3 is 2.64 bits per heavy atom. The number of hydrogen-bond donors (Lipinski definition) is 1. The van der Waals surface area contributed by atoms with Gasteiger partial charge in [0.1, 0.15) is 11.4 Å². The molecule has 1 aromatic heterocycles. The van der Waals surface area contributed by atoms with Crippen LogP contribution in [0.3, 0.4) is 0 Å². The molecular formula is C6H4BrF2N3O2. The summed E-state index contributed by atoms with van der Waals surface area (Å²) in [5, 5.41) is 10.4. The van der Waals surface area contributed by atoms with E-state index in [0.717, 1.165) is 6.07 Å². The van der Waals surface area contributed by atoms with Gasteiger partial charge in [-0.2, -0.15) is 0 Å². The number of nitrogens with zero attached hydrogens (tertiary/aromatic N) is 2. The van der Waals surface area contributed by atoms with Gasteiger partial charge < -0.3 is 5.73 Å². The van der Waals surface area contributed by atoms with Crippen molar-refractivity contribution in [3.63, 3.8) is 0 Å². The molecule has 0 atom stereocenters. The van der Waals surface area contributed by atoms with Crippen LogP contribution < -0.4 is 5.73 Å². The van der Waals surface area contributed by atoms with E-state index in [0.29, 0.717) is 0 Å². The Balaban J connectivity index is 3.44. The summed E-state index contributed by atoms with van der Waals surface area (Å²) in [5.41, 5.74) is 3.67. The third-order valence-corrected chi connectivity index (χ3v) is 1.97. The van der Waals surface area contributed by atoms with E-state index >= 15 is 0 Å². The highest BCUT2D eigenvalue weighted by molar-refractivity contribution is 9.10. The zero-order valence-electron chi connectivity index (χ0n) is 6.58. The Bertz CT molecular complexity index is 386. The highest BCUT2D eigenvalue weighted by atomic mass is 79.9. The fourth-order valence-electron chi connectivity index (χ4n) is 0.892. The zero-order valence-corrected chi connectivity index (χ0v) is 8.16. The first kappa shape index (κ1) is 10.8. The molecule has 0 bridgehead atoms. The zero-order chi connectivity index (χ0) is 10.9. The van der Waals surface area contributed by atoms with Crippen LogP contribution in [0.1, 0.15) is 12.0 Å². The number of anilines is 1. The number of rotatable bonds is 2. The lowest BCUT2D eigenvalue weighted by atomic mass is 10.2. The van der Waals surface area contributed by atoms with Crippen LogP contribution >= 0.6 is 15.9 Å². The molecule has 5 nitrogen and oxygen atoms in total. The quantitative estimate of drug-likeness (QED) is 0.506. The largest absolute Gasteiger partial charge is 0.384 e. The third kappa shape index (κ3) is 1.95. The van der Waals surface area contributed by atoms with Crippen molar-refractivity contribution in [2.24, 2.45) is 0 Å². The molecule has 8 heteroatoms. The molecule has 1 rings (SSSR count). The fraction of sp³-hybridized carbons (Fsp3) is 0.167. The van der Waals surface area contributed by atoms with Crippen LogP contribution in [0.5, 0.6) is 0 Å². The minimum atomic E-state index is -2.96. The molecule has 0 spiro atoms. The van der Waals surface area contributed by atoms with Crippen molar-refractivity contribution in [2.75, 3.05) is 5.73 Å². The molecule has 0 radical (unpaired) electrons. The molecule has 0 aliphatic carbocycles. The minimum absolute atomic E-state index is 0.197. The number of nitrogens with two attached hydrogens (primary N) is 1.